The van der Waals surface area contributed by atoms with Gasteiger partial charge in [-0.3, -0.25) is 15.1 Å². The lowest BCUT2D eigenvalue weighted by molar-refractivity contribution is -0.116. The maximum absolute atomic E-state index is 13.2. The maximum atomic E-state index is 13.2. The minimum Gasteiger partial charge on any atom is -0.496 e. The summed E-state index contributed by atoms with van der Waals surface area (Å²) in [4.78, 5) is 18.1. The predicted molar refractivity (Wildman–Crippen MR) is 127 cm³/mol. The van der Waals surface area contributed by atoms with E-state index >= 15 is 0 Å². The summed E-state index contributed by atoms with van der Waals surface area (Å²) in [5.74, 6) is 1.13. The molecule has 2 aliphatic heterocycles. The molecule has 0 bridgehead atoms. The number of rotatable bonds is 4. The van der Waals surface area contributed by atoms with Crippen LogP contribution < -0.4 is 20.6 Å². The summed E-state index contributed by atoms with van der Waals surface area (Å²) in [6, 6.07) is 22.9. The van der Waals surface area contributed by atoms with Crippen molar-refractivity contribution in [3.05, 3.63) is 99.5 Å². The highest BCUT2D eigenvalue weighted by atomic mass is 35.5. The molecule has 0 radical (unpaired) electrons. The van der Waals surface area contributed by atoms with Crippen molar-refractivity contribution in [2.75, 3.05) is 7.11 Å². The van der Waals surface area contributed by atoms with Crippen molar-refractivity contribution >= 4 is 40.1 Å². The van der Waals surface area contributed by atoms with Crippen molar-refractivity contribution < 1.29 is 9.53 Å². The fourth-order valence-electron chi connectivity index (χ4n) is 3.71. The van der Waals surface area contributed by atoms with E-state index in [4.69, 9.17) is 26.4 Å². The quantitative estimate of drug-likeness (QED) is 0.645. The number of hydrogen-bond donors (Lipinski definition) is 1. The Morgan fingerprint density at radius 2 is 1.81 bits per heavy atom. The summed E-state index contributed by atoms with van der Waals surface area (Å²) in [7, 11) is 1.62. The molecule has 2 aliphatic rings. The van der Waals surface area contributed by atoms with E-state index in [9.17, 15) is 4.79 Å². The first-order valence-corrected chi connectivity index (χ1v) is 11.4. The van der Waals surface area contributed by atoms with Crippen LogP contribution in [0, 0.1) is 0 Å². The number of nitrogens with zero attached hydrogens (tertiary/aromatic N) is 3. The number of halogens is 1. The molecule has 0 unspecified atom stereocenters. The Kier molecular flexibility index (Phi) is 5.59. The average Bonchev–Trinajstić information content (AvgIpc) is 2.83. The molecule has 8 heteroatoms. The minimum absolute atomic E-state index is 0.208. The van der Waals surface area contributed by atoms with Crippen molar-refractivity contribution in [2.24, 2.45) is 10.1 Å². The minimum atomic E-state index is -0.520. The number of amidine groups is 1. The van der Waals surface area contributed by atoms with Crippen LogP contribution in [0.4, 0.5) is 0 Å². The Morgan fingerprint density at radius 3 is 2.62 bits per heavy atom. The molecule has 3 aromatic rings. The van der Waals surface area contributed by atoms with Crippen molar-refractivity contribution in [2.45, 2.75) is 11.9 Å². The van der Waals surface area contributed by atoms with E-state index in [1.165, 1.54) is 11.8 Å². The van der Waals surface area contributed by atoms with E-state index < -0.39 is 6.17 Å². The van der Waals surface area contributed by atoms with Crippen LogP contribution in [0.25, 0.3) is 5.70 Å². The predicted octanol–water partition coefficient (Wildman–Crippen LogP) is 3.43. The van der Waals surface area contributed by atoms with E-state index in [0.717, 1.165) is 21.7 Å². The molecule has 5 rings (SSSR count). The number of carbonyl (C=O) groups is 1. The van der Waals surface area contributed by atoms with Gasteiger partial charge in [-0.05, 0) is 29.8 Å². The fourth-order valence-corrected chi connectivity index (χ4v) is 4.64. The first kappa shape index (κ1) is 20.6. The molecule has 0 saturated carbocycles. The number of thioether (sulfide) groups is 1. The molecule has 0 saturated heterocycles. The number of hydrazone groups is 1. The molecular weight excluding hydrogens is 444 g/mol. The summed E-state index contributed by atoms with van der Waals surface area (Å²) in [5.41, 5.74) is 2.39. The highest BCUT2D eigenvalue weighted by Crippen LogP contribution is 2.35. The van der Waals surface area contributed by atoms with Crippen LogP contribution in [0.2, 0.25) is 5.02 Å². The molecule has 6 nitrogen and oxygen atoms in total. The van der Waals surface area contributed by atoms with Crippen LogP contribution in [0.1, 0.15) is 17.3 Å². The molecule has 0 aromatic heterocycles. The lowest BCUT2D eigenvalue weighted by atomic mass is 10.1. The van der Waals surface area contributed by atoms with Gasteiger partial charge in [0.25, 0.3) is 5.91 Å². The zero-order valence-electron chi connectivity index (χ0n) is 17.2. The number of benzene rings is 3. The van der Waals surface area contributed by atoms with Gasteiger partial charge < -0.3 is 4.74 Å². The monoisotopic (exact) mass is 462 g/mol. The largest absolute Gasteiger partial charge is 0.496 e. The zero-order valence-corrected chi connectivity index (χ0v) is 18.7. The van der Waals surface area contributed by atoms with Gasteiger partial charge in [-0.2, -0.15) is 0 Å². The molecule has 1 N–H and O–H groups in total. The summed E-state index contributed by atoms with van der Waals surface area (Å²) in [6.45, 7) is 0. The van der Waals surface area contributed by atoms with Gasteiger partial charge in [0, 0.05) is 21.6 Å². The topological polar surface area (TPSA) is 66.3 Å². The first-order chi connectivity index (χ1) is 15.6. The van der Waals surface area contributed by atoms with Crippen molar-refractivity contribution in [1.29, 1.82) is 0 Å². The smallest absolute Gasteiger partial charge is 0.276 e. The van der Waals surface area contributed by atoms with Crippen molar-refractivity contribution in [3.63, 3.8) is 0 Å². The lowest BCUT2D eigenvalue weighted by Gasteiger charge is -2.34. The molecule has 2 heterocycles. The van der Waals surface area contributed by atoms with E-state index in [-0.39, 0.29) is 5.91 Å². The fraction of sp³-hybridized carbons (Fsp3) is 0.125. The molecule has 32 heavy (non-hydrogen) atoms. The van der Waals surface area contributed by atoms with E-state index in [0.29, 0.717) is 27.4 Å². The van der Waals surface area contributed by atoms with E-state index in [1.807, 2.05) is 72.8 Å². The van der Waals surface area contributed by atoms with Gasteiger partial charge in [-0.15, -0.1) is 5.10 Å². The number of fused-ring (bicyclic) bond motifs is 2. The molecule has 1 amide bonds. The third kappa shape index (κ3) is 3.85. The summed E-state index contributed by atoms with van der Waals surface area (Å²) in [6.07, 6.45) is -0.520. The normalized spacial score (nSPS) is 17.0. The van der Waals surface area contributed by atoms with Gasteiger partial charge >= 0.3 is 0 Å². The van der Waals surface area contributed by atoms with Gasteiger partial charge in [-0.1, -0.05) is 71.9 Å². The molecule has 1 atom stereocenters. The Hall–Kier alpha value is -3.29. The van der Waals surface area contributed by atoms with Gasteiger partial charge in [0.15, 0.2) is 11.3 Å². The molecule has 0 spiro atoms. The zero-order chi connectivity index (χ0) is 22.1. The summed E-state index contributed by atoms with van der Waals surface area (Å²) < 4.78 is 5.57. The van der Waals surface area contributed by atoms with E-state index in [1.54, 1.807) is 12.1 Å². The second-order valence-corrected chi connectivity index (χ2v) is 8.63. The number of hydrogen-bond acceptors (Lipinski definition) is 6. The number of nitrogens with one attached hydrogen (secondary N) is 1. The number of ether oxygens (including phenoxy) is 1. The Bertz CT molecular complexity index is 1340. The highest BCUT2D eigenvalue weighted by molar-refractivity contribution is 8.13. The van der Waals surface area contributed by atoms with Crippen molar-refractivity contribution in [3.8, 4) is 5.75 Å². The third-order valence-corrected chi connectivity index (χ3v) is 6.41. The molecule has 3 aromatic carbocycles. The van der Waals surface area contributed by atoms with Gasteiger partial charge in [0.05, 0.1) is 12.5 Å². The van der Waals surface area contributed by atoms with Gasteiger partial charge in [0.2, 0.25) is 0 Å². The lowest BCUT2D eigenvalue weighted by Crippen LogP contribution is -2.50. The Morgan fingerprint density at radius 1 is 1.06 bits per heavy atom. The van der Waals surface area contributed by atoms with Crippen molar-refractivity contribution in [1.82, 2.24) is 10.3 Å². The van der Waals surface area contributed by atoms with Crippen LogP contribution in [-0.2, 0) is 10.5 Å². The van der Waals surface area contributed by atoms with Gasteiger partial charge in [0.1, 0.15) is 11.4 Å². The van der Waals surface area contributed by atoms with Crippen LogP contribution in [0.15, 0.2) is 82.9 Å². The highest BCUT2D eigenvalue weighted by Gasteiger charge is 2.35. The first-order valence-electron chi connectivity index (χ1n) is 10.0. The summed E-state index contributed by atoms with van der Waals surface area (Å²) >= 11 is 7.43. The SMILES string of the molecule is COc1ccccc1[C@@H]1N=c2ccccc2=C2C(=O)NC(SCc3ccc(Cl)cc3)=NN21. The van der Waals surface area contributed by atoms with Crippen LogP contribution >= 0.6 is 23.4 Å². The Balaban J connectivity index is 1.57. The molecule has 160 valence electrons. The number of methoxy groups -OCH3 is 1. The second-order valence-electron chi connectivity index (χ2n) is 7.23. The number of carbonyl (C=O) groups excluding carboxylic acids is 1. The summed E-state index contributed by atoms with van der Waals surface area (Å²) in [5, 5.41) is 12.1. The third-order valence-electron chi connectivity index (χ3n) is 5.22. The standard InChI is InChI=1S/C24H19ClN4O2S/c1-31-20-9-5-3-7-18(20)22-26-19-8-4-2-6-17(19)21-23(30)27-24(28-29(21)22)32-14-15-10-12-16(25)13-11-15/h2-13,22H,14H2,1H3,(H,27,28,30)/t22-/m1/s1. The number of para-hydroxylation sites is 2. The Labute approximate surface area is 194 Å². The molecule has 0 fully saturated rings. The van der Waals surface area contributed by atoms with Crippen LogP contribution in [0.3, 0.4) is 0 Å². The number of amides is 1. The average molecular weight is 463 g/mol. The molecule has 0 aliphatic carbocycles. The van der Waals surface area contributed by atoms with Crippen LogP contribution in [-0.4, -0.2) is 23.2 Å². The maximum Gasteiger partial charge on any atom is 0.276 e. The second kappa shape index (κ2) is 8.68. The molecular formula is C24H19ClN4O2S. The van der Waals surface area contributed by atoms with E-state index in [2.05, 4.69) is 5.32 Å². The van der Waals surface area contributed by atoms with Gasteiger partial charge in [-0.25, -0.2) is 5.01 Å². The van der Waals surface area contributed by atoms with Crippen LogP contribution in [0.5, 0.6) is 5.75 Å².